The molecule has 8 heteroatoms. The van der Waals surface area contributed by atoms with Crippen molar-refractivity contribution in [1.29, 1.82) is 0 Å². The number of carbonyl (C=O) groups excluding carboxylic acids is 3. The molecule has 4 rings (SSSR count). The largest absolute Gasteiger partial charge is 0.483 e. The van der Waals surface area contributed by atoms with Crippen LogP contribution in [0, 0.1) is 17.3 Å². The number of hydrogen-bond donors (Lipinski definition) is 2. The Bertz CT molecular complexity index is 1120. The van der Waals surface area contributed by atoms with E-state index < -0.39 is 46.8 Å². The molecule has 0 aromatic rings. The summed E-state index contributed by atoms with van der Waals surface area (Å²) < 4.78 is 18.4. The topological polar surface area (TPSA) is 119 Å². The Labute approximate surface area is 225 Å². The van der Waals surface area contributed by atoms with Crippen LogP contribution >= 0.6 is 0 Å². The first-order valence-electron chi connectivity index (χ1n) is 13.6. The lowest BCUT2D eigenvalue weighted by atomic mass is 9.52. The molecule has 1 saturated carbocycles. The van der Waals surface area contributed by atoms with Gasteiger partial charge >= 0.3 is 5.97 Å². The Morgan fingerprint density at radius 2 is 1.92 bits per heavy atom. The Morgan fingerprint density at radius 3 is 2.50 bits per heavy atom. The lowest BCUT2D eigenvalue weighted by molar-refractivity contribution is -0.279. The van der Waals surface area contributed by atoms with Crippen LogP contribution in [-0.2, 0) is 28.6 Å². The average Bonchev–Trinajstić information content (AvgIpc) is 2.83. The molecule has 8 atom stereocenters. The van der Waals surface area contributed by atoms with Gasteiger partial charge in [0.1, 0.15) is 11.7 Å². The molecule has 0 aromatic carbocycles. The highest BCUT2D eigenvalue weighted by atomic mass is 16.5. The summed E-state index contributed by atoms with van der Waals surface area (Å²) in [6, 6.07) is 0. The number of fused-ring (bicyclic) bond motifs is 3. The van der Waals surface area contributed by atoms with Crippen molar-refractivity contribution in [3.63, 3.8) is 0 Å². The molecule has 2 fully saturated rings. The van der Waals surface area contributed by atoms with E-state index in [1.165, 1.54) is 13.0 Å². The lowest BCUT2D eigenvalue weighted by Crippen LogP contribution is -2.67. The number of aliphatic hydroxyl groups excluding tert-OH is 1. The molecular formula is C30H42O8. The van der Waals surface area contributed by atoms with Crippen LogP contribution in [-0.4, -0.2) is 63.4 Å². The van der Waals surface area contributed by atoms with Gasteiger partial charge < -0.3 is 24.4 Å². The van der Waals surface area contributed by atoms with Gasteiger partial charge in [0.15, 0.2) is 11.5 Å². The van der Waals surface area contributed by atoms with Crippen molar-refractivity contribution >= 4 is 17.5 Å². The summed E-state index contributed by atoms with van der Waals surface area (Å²) >= 11 is 0. The number of ketones is 2. The van der Waals surface area contributed by atoms with Crippen LogP contribution in [0.5, 0.6) is 0 Å². The molecule has 38 heavy (non-hydrogen) atoms. The molecule has 0 aromatic heterocycles. The Kier molecular flexibility index (Phi) is 7.34. The number of ether oxygens (including phenoxy) is 3. The van der Waals surface area contributed by atoms with E-state index in [1.807, 2.05) is 33.8 Å². The van der Waals surface area contributed by atoms with Gasteiger partial charge in [-0.2, -0.15) is 0 Å². The molecule has 0 radical (unpaired) electrons. The van der Waals surface area contributed by atoms with Gasteiger partial charge in [0.25, 0.3) is 0 Å². The molecule has 210 valence electrons. The maximum absolute atomic E-state index is 13.8. The molecule has 4 aliphatic rings. The molecule has 2 N–H and O–H groups in total. The molecule has 0 spiro atoms. The van der Waals surface area contributed by atoms with Gasteiger partial charge in [-0.05, 0) is 65.5 Å². The van der Waals surface area contributed by atoms with E-state index in [1.54, 1.807) is 20.8 Å². The fourth-order valence-corrected chi connectivity index (χ4v) is 7.02. The fourth-order valence-electron chi connectivity index (χ4n) is 7.02. The highest BCUT2D eigenvalue weighted by molar-refractivity contribution is 6.22. The SMILES string of the molecule is CC=C(C)C(OC(C)=O)C(C)C1=CC(=O)C2=C(OC3(C)CCC4OC(C(C)(C)O)CC(O)C4(C)C3C2)C1=O. The first-order valence-corrected chi connectivity index (χ1v) is 13.6. The number of carbonyl (C=O) groups is 3. The van der Waals surface area contributed by atoms with Crippen LogP contribution in [0.15, 0.2) is 34.6 Å². The average molecular weight is 531 g/mol. The van der Waals surface area contributed by atoms with Crippen molar-refractivity contribution in [2.24, 2.45) is 17.3 Å². The third kappa shape index (κ3) is 4.58. The predicted molar refractivity (Wildman–Crippen MR) is 140 cm³/mol. The summed E-state index contributed by atoms with van der Waals surface area (Å²) in [5.74, 6) is -1.87. The standard InChI is InChI=1S/C30H42O8/c1-9-15(2)26(36-17(4)31)16(3)18-12-20(32)19-13-21-29(7,38-27(19)25(18)34)11-10-23-30(21,8)22(33)14-24(37-23)28(5,6)35/h9,12,16,21-24,26,33,35H,10-11,13-14H2,1-8H3. The summed E-state index contributed by atoms with van der Waals surface area (Å²) in [6.07, 6.45) is 2.63. The van der Waals surface area contributed by atoms with Crippen LogP contribution in [0.2, 0.25) is 0 Å². The van der Waals surface area contributed by atoms with Gasteiger partial charge in [-0.15, -0.1) is 0 Å². The Balaban J connectivity index is 1.66. The zero-order valence-electron chi connectivity index (χ0n) is 23.8. The van der Waals surface area contributed by atoms with E-state index in [-0.39, 0.29) is 47.8 Å². The van der Waals surface area contributed by atoms with Crippen molar-refractivity contribution in [2.45, 2.75) is 117 Å². The van der Waals surface area contributed by atoms with E-state index in [4.69, 9.17) is 14.2 Å². The minimum atomic E-state index is -1.10. The zero-order chi connectivity index (χ0) is 28.4. The second kappa shape index (κ2) is 9.72. The molecule has 0 amide bonds. The smallest absolute Gasteiger partial charge is 0.303 e. The number of esters is 1. The molecule has 8 nitrogen and oxygen atoms in total. The summed E-state index contributed by atoms with van der Waals surface area (Å²) in [5, 5.41) is 22.0. The summed E-state index contributed by atoms with van der Waals surface area (Å²) in [7, 11) is 0. The third-order valence-electron chi connectivity index (χ3n) is 9.57. The molecule has 8 unspecified atom stereocenters. The third-order valence-corrected chi connectivity index (χ3v) is 9.57. The molecule has 2 aliphatic heterocycles. The molecule has 2 aliphatic carbocycles. The quantitative estimate of drug-likeness (QED) is 0.314. The number of hydrogen-bond acceptors (Lipinski definition) is 8. The van der Waals surface area contributed by atoms with Gasteiger partial charge in [0.2, 0.25) is 5.78 Å². The van der Waals surface area contributed by atoms with E-state index in [9.17, 15) is 24.6 Å². The first kappa shape index (κ1) is 28.7. The molecule has 2 heterocycles. The van der Waals surface area contributed by atoms with Gasteiger partial charge in [-0.1, -0.05) is 19.9 Å². The van der Waals surface area contributed by atoms with Crippen LogP contribution in [0.4, 0.5) is 0 Å². The fraction of sp³-hybridized carbons (Fsp3) is 0.700. The molecular weight excluding hydrogens is 488 g/mol. The maximum atomic E-state index is 13.8. The van der Waals surface area contributed by atoms with Crippen molar-refractivity contribution < 1.29 is 38.8 Å². The highest BCUT2D eigenvalue weighted by Crippen LogP contribution is 2.59. The second-order valence-electron chi connectivity index (χ2n) is 12.5. The van der Waals surface area contributed by atoms with Crippen LogP contribution < -0.4 is 0 Å². The second-order valence-corrected chi connectivity index (χ2v) is 12.5. The van der Waals surface area contributed by atoms with Crippen LogP contribution in [0.1, 0.15) is 81.1 Å². The van der Waals surface area contributed by atoms with Crippen LogP contribution in [0.25, 0.3) is 0 Å². The zero-order valence-corrected chi connectivity index (χ0v) is 23.8. The van der Waals surface area contributed by atoms with Gasteiger partial charge in [-0.25, -0.2) is 0 Å². The Morgan fingerprint density at radius 1 is 1.26 bits per heavy atom. The van der Waals surface area contributed by atoms with Crippen molar-refractivity contribution in [1.82, 2.24) is 0 Å². The van der Waals surface area contributed by atoms with Crippen molar-refractivity contribution in [3.8, 4) is 0 Å². The van der Waals surface area contributed by atoms with Gasteiger partial charge in [0, 0.05) is 41.7 Å². The van der Waals surface area contributed by atoms with Gasteiger partial charge in [0.05, 0.1) is 23.9 Å². The van der Waals surface area contributed by atoms with Crippen molar-refractivity contribution in [3.05, 3.63) is 34.6 Å². The summed E-state index contributed by atoms with van der Waals surface area (Å²) in [5.41, 5.74) is -1.24. The lowest BCUT2D eigenvalue weighted by Gasteiger charge is -2.62. The highest BCUT2D eigenvalue weighted by Gasteiger charge is 2.64. The van der Waals surface area contributed by atoms with E-state index in [0.29, 0.717) is 18.4 Å². The van der Waals surface area contributed by atoms with Crippen molar-refractivity contribution in [2.75, 3.05) is 0 Å². The van der Waals surface area contributed by atoms with Gasteiger partial charge in [-0.3, -0.25) is 14.4 Å². The Hall–Kier alpha value is -2.29. The number of aliphatic hydroxyl groups is 2. The minimum Gasteiger partial charge on any atom is -0.483 e. The number of rotatable bonds is 5. The normalized spacial score (nSPS) is 37.3. The van der Waals surface area contributed by atoms with E-state index >= 15 is 0 Å². The minimum absolute atomic E-state index is 0.0699. The monoisotopic (exact) mass is 530 g/mol. The number of allylic oxidation sites excluding steroid dienone is 4. The number of Topliss-reactive ketones (excluding diaryl/α,β-unsaturated/α-hetero) is 1. The van der Waals surface area contributed by atoms with E-state index in [0.717, 1.165) is 5.57 Å². The first-order chi connectivity index (χ1) is 17.5. The summed E-state index contributed by atoms with van der Waals surface area (Å²) in [4.78, 5) is 39.0. The maximum Gasteiger partial charge on any atom is 0.303 e. The molecule has 1 saturated heterocycles. The van der Waals surface area contributed by atoms with E-state index in [2.05, 4.69) is 0 Å². The molecule has 0 bridgehead atoms. The predicted octanol–water partition coefficient (Wildman–Crippen LogP) is 3.74. The summed E-state index contributed by atoms with van der Waals surface area (Å²) in [6.45, 7) is 14.0. The van der Waals surface area contributed by atoms with Crippen LogP contribution in [0.3, 0.4) is 0 Å².